The Morgan fingerprint density at radius 2 is 1.87 bits per heavy atom. The lowest BCUT2D eigenvalue weighted by molar-refractivity contribution is -0.117. The first-order valence-corrected chi connectivity index (χ1v) is 10.3. The maximum atomic E-state index is 12.5. The molecule has 1 aliphatic heterocycles. The number of rotatable bonds is 7. The van der Waals surface area contributed by atoms with Crippen molar-refractivity contribution in [2.45, 2.75) is 33.2 Å². The molecule has 2 N–H and O–H groups in total. The molecule has 1 unspecified atom stereocenters. The molecule has 7 nitrogen and oxygen atoms in total. The summed E-state index contributed by atoms with van der Waals surface area (Å²) >= 11 is 0. The molecule has 2 aromatic carbocycles. The molecule has 1 heterocycles. The second kappa shape index (κ2) is 9.52. The molecule has 0 spiro atoms. The fourth-order valence-electron chi connectivity index (χ4n) is 3.73. The van der Waals surface area contributed by atoms with Gasteiger partial charge in [-0.15, -0.1) is 0 Å². The SMILES string of the molecule is CCN(CC)c1ccc(NC(=O)NC2CC(=O)N(c3ccc(OC)cc3)C2)c(C)c1. The fraction of sp³-hybridized carbons (Fsp3) is 0.391. The van der Waals surface area contributed by atoms with Crippen molar-refractivity contribution in [1.29, 1.82) is 0 Å². The first kappa shape index (κ1) is 21.5. The van der Waals surface area contributed by atoms with E-state index in [1.165, 1.54) is 0 Å². The Labute approximate surface area is 178 Å². The summed E-state index contributed by atoms with van der Waals surface area (Å²) in [6, 6.07) is 12.8. The lowest BCUT2D eigenvalue weighted by atomic mass is 10.1. The van der Waals surface area contributed by atoms with E-state index in [-0.39, 0.29) is 24.4 Å². The summed E-state index contributed by atoms with van der Waals surface area (Å²) in [6.07, 6.45) is 0.277. The van der Waals surface area contributed by atoms with Gasteiger partial charge in [-0.25, -0.2) is 4.79 Å². The lowest BCUT2D eigenvalue weighted by Gasteiger charge is -2.22. The number of hydrogen-bond acceptors (Lipinski definition) is 4. The van der Waals surface area contributed by atoms with Crippen LogP contribution in [0.4, 0.5) is 21.9 Å². The van der Waals surface area contributed by atoms with Crippen molar-refractivity contribution in [1.82, 2.24) is 5.32 Å². The lowest BCUT2D eigenvalue weighted by Crippen LogP contribution is -2.39. The number of anilines is 3. The topological polar surface area (TPSA) is 73.9 Å². The molecule has 160 valence electrons. The van der Waals surface area contributed by atoms with E-state index in [1.54, 1.807) is 12.0 Å². The number of hydrogen-bond donors (Lipinski definition) is 2. The number of ether oxygens (including phenoxy) is 1. The predicted molar refractivity (Wildman–Crippen MR) is 121 cm³/mol. The summed E-state index contributed by atoms with van der Waals surface area (Å²) in [4.78, 5) is 28.9. The minimum absolute atomic E-state index is 0.00905. The molecule has 30 heavy (non-hydrogen) atoms. The van der Waals surface area contributed by atoms with Gasteiger partial charge in [-0.3, -0.25) is 4.79 Å². The first-order valence-electron chi connectivity index (χ1n) is 10.3. The van der Waals surface area contributed by atoms with Crippen molar-refractivity contribution in [2.75, 3.05) is 41.9 Å². The maximum Gasteiger partial charge on any atom is 0.319 e. The standard InChI is InChI=1S/C23H30N4O3/c1-5-26(6-2)19-9-12-21(16(3)13-19)25-23(29)24-17-14-22(28)27(15-17)18-7-10-20(30-4)11-8-18/h7-13,17H,5-6,14-15H2,1-4H3,(H2,24,25,29). The van der Waals surface area contributed by atoms with Gasteiger partial charge in [0.2, 0.25) is 5.91 Å². The van der Waals surface area contributed by atoms with Gasteiger partial charge in [0.15, 0.2) is 0 Å². The van der Waals surface area contributed by atoms with Crippen molar-refractivity contribution in [3.05, 3.63) is 48.0 Å². The van der Waals surface area contributed by atoms with E-state index in [0.29, 0.717) is 6.54 Å². The van der Waals surface area contributed by atoms with Crippen LogP contribution in [0.25, 0.3) is 0 Å². The summed E-state index contributed by atoms with van der Waals surface area (Å²) < 4.78 is 5.16. The van der Waals surface area contributed by atoms with Crippen molar-refractivity contribution < 1.29 is 14.3 Å². The van der Waals surface area contributed by atoms with Gasteiger partial charge in [0.25, 0.3) is 0 Å². The molecule has 3 rings (SSSR count). The van der Waals surface area contributed by atoms with Gasteiger partial charge >= 0.3 is 6.03 Å². The summed E-state index contributed by atoms with van der Waals surface area (Å²) in [5.41, 5.74) is 3.70. The number of nitrogens with one attached hydrogen (secondary N) is 2. The zero-order valence-electron chi connectivity index (χ0n) is 18.1. The van der Waals surface area contributed by atoms with Crippen LogP contribution in [0.15, 0.2) is 42.5 Å². The Bertz CT molecular complexity index is 894. The average Bonchev–Trinajstić information content (AvgIpc) is 3.10. The first-order chi connectivity index (χ1) is 14.4. The highest BCUT2D eigenvalue weighted by molar-refractivity contribution is 5.97. The van der Waals surface area contributed by atoms with Crippen LogP contribution >= 0.6 is 0 Å². The molecule has 1 saturated heterocycles. The summed E-state index contributed by atoms with van der Waals surface area (Å²) in [5.74, 6) is 0.729. The zero-order chi connectivity index (χ0) is 21.7. The Balaban J connectivity index is 1.59. The van der Waals surface area contributed by atoms with Crippen molar-refractivity contribution in [3.8, 4) is 5.75 Å². The summed E-state index contributed by atoms with van der Waals surface area (Å²) in [5, 5.41) is 5.83. The monoisotopic (exact) mass is 410 g/mol. The summed E-state index contributed by atoms with van der Waals surface area (Å²) in [7, 11) is 1.60. The minimum Gasteiger partial charge on any atom is -0.497 e. The Morgan fingerprint density at radius 3 is 2.47 bits per heavy atom. The second-order valence-electron chi connectivity index (χ2n) is 7.37. The van der Waals surface area contributed by atoms with E-state index in [0.717, 1.165) is 41.5 Å². The molecular weight excluding hydrogens is 380 g/mol. The number of carbonyl (C=O) groups excluding carboxylic acids is 2. The normalized spacial score (nSPS) is 15.8. The molecule has 0 saturated carbocycles. The average molecular weight is 411 g/mol. The second-order valence-corrected chi connectivity index (χ2v) is 7.37. The predicted octanol–water partition coefficient (Wildman–Crippen LogP) is 3.78. The van der Waals surface area contributed by atoms with E-state index >= 15 is 0 Å². The van der Waals surface area contributed by atoms with E-state index in [2.05, 4.69) is 35.4 Å². The molecule has 1 atom stereocenters. The zero-order valence-corrected chi connectivity index (χ0v) is 18.1. The Kier molecular flexibility index (Phi) is 6.82. The largest absolute Gasteiger partial charge is 0.497 e. The number of amides is 3. The molecule has 3 amide bonds. The maximum absolute atomic E-state index is 12.5. The molecule has 0 aromatic heterocycles. The van der Waals surface area contributed by atoms with E-state index in [9.17, 15) is 9.59 Å². The van der Waals surface area contributed by atoms with Gasteiger partial charge in [-0.05, 0) is 68.8 Å². The molecular formula is C23H30N4O3. The fourth-order valence-corrected chi connectivity index (χ4v) is 3.73. The molecule has 7 heteroatoms. The van der Waals surface area contributed by atoms with Gasteiger partial charge < -0.3 is 25.2 Å². The van der Waals surface area contributed by atoms with Crippen LogP contribution in [0.5, 0.6) is 5.75 Å². The van der Waals surface area contributed by atoms with E-state index in [1.807, 2.05) is 43.3 Å². The molecule has 0 aliphatic carbocycles. The molecule has 0 radical (unpaired) electrons. The Hall–Kier alpha value is -3.22. The number of urea groups is 1. The number of nitrogens with zero attached hydrogens (tertiary/aromatic N) is 2. The minimum atomic E-state index is -0.303. The van der Waals surface area contributed by atoms with Crippen LogP contribution in [-0.4, -0.2) is 44.7 Å². The van der Waals surface area contributed by atoms with Crippen LogP contribution in [-0.2, 0) is 4.79 Å². The third-order valence-corrected chi connectivity index (χ3v) is 5.43. The van der Waals surface area contributed by atoms with E-state index in [4.69, 9.17) is 4.74 Å². The van der Waals surface area contributed by atoms with E-state index < -0.39 is 0 Å². The van der Waals surface area contributed by atoms with Crippen LogP contribution in [0.3, 0.4) is 0 Å². The van der Waals surface area contributed by atoms with Crippen LogP contribution in [0.1, 0.15) is 25.8 Å². The van der Waals surface area contributed by atoms with Crippen molar-refractivity contribution >= 4 is 29.0 Å². The van der Waals surface area contributed by atoms with Crippen molar-refractivity contribution in [3.63, 3.8) is 0 Å². The third-order valence-electron chi connectivity index (χ3n) is 5.43. The van der Waals surface area contributed by atoms with Gasteiger partial charge in [0, 0.05) is 43.1 Å². The van der Waals surface area contributed by atoms with Gasteiger partial charge in [0.1, 0.15) is 5.75 Å². The molecule has 1 aliphatic rings. The van der Waals surface area contributed by atoms with Gasteiger partial charge in [-0.2, -0.15) is 0 Å². The highest BCUT2D eigenvalue weighted by Gasteiger charge is 2.31. The molecule has 2 aromatic rings. The third kappa shape index (κ3) is 4.84. The highest BCUT2D eigenvalue weighted by Crippen LogP contribution is 2.25. The van der Waals surface area contributed by atoms with Crippen LogP contribution in [0.2, 0.25) is 0 Å². The molecule has 0 bridgehead atoms. The van der Waals surface area contributed by atoms with Crippen LogP contribution in [0, 0.1) is 6.92 Å². The van der Waals surface area contributed by atoms with Gasteiger partial charge in [0.05, 0.1) is 13.2 Å². The van der Waals surface area contributed by atoms with Crippen LogP contribution < -0.4 is 25.2 Å². The quantitative estimate of drug-likeness (QED) is 0.729. The smallest absolute Gasteiger partial charge is 0.319 e. The number of methoxy groups -OCH3 is 1. The summed E-state index contributed by atoms with van der Waals surface area (Å²) in [6.45, 7) is 8.53. The number of benzene rings is 2. The number of aryl methyl sites for hydroxylation is 1. The number of carbonyl (C=O) groups is 2. The van der Waals surface area contributed by atoms with Gasteiger partial charge in [-0.1, -0.05) is 0 Å². The highest BCUT2D eigenvalue weighted by atomic mass is 16.5. The van der Waals surface area contributed by atoms with Crippen molar-refractivity contribution in [2.24, 2.45) is 0 Å². The molecule has 1 fully saturated rings. The Morgan fingerprint density at radius 1 is 1.17 bits per heavy atom.